The second-order valence-electron chi connectivity index (χ2n) is 7.84. The fraction of sp³-hybridized carbons (Fsp3) is 0.231. The van der Waals surface area contributed by atoms with Crippen molar-refractivity contribution in [2.24, 2.45) is 4.99 Å². The molecule has 0 radical (unpaired) electrons. The van der Waals surface area contributed by atoms with Crippen LogP contribution in [0.2, 0.25) is 5.02 Å². The number of carbonyl (C=O) groups excluding carboxylic acids is 1. The van der Waals surface area contributed by atoms with Crippen LogP contribution in [0.4, 0.5) is 0 Å². The quantitative estimate of drug-likeness (QED) is 0.475. The molecule has 0 fully saturated rings. The zero-order valence-electron chi connectivity index (χ0n) is 19.4. The van der Waals surface area contributed by atoms with Crippen LogP contribution >= 0.6 is 22.9 Å². The van der Waals surface area contributed by atoms with Gasteiger partial charge in [0.25, 0.3) is 5.56 Å². The number of rotatable bonds is 6. The molecule has 2 aromatic carbocycles. The zero-order valence-corrected chi connectivity index (χ0v) is 20.9. The Bertz CT molecular complexity index is 1550. The van der Waals surface area contributed by atoms with Gasteiger partial charge in [-0.15, -0.1) is 0 Å². The lowest BCUT2D eigenvalue weighted by Gasteiger charge is -2.24. The molecule has 9 heteroatoms. The highest BCUT2D eigenvalue weighted by molar-refractivity contribution is 7.07. The summed E-state index contributed by atoms with van der Waals surface area (Å²) in [5.41, 5.74) is 2.93. The van der Waals surface area contributed by atoms with Crippen LogP contribution in [0.3, 0.4) is 0 Å². The van der Waals surface area contributed by atoms with E-state index in [1.165, 1.54) is 15.9 Å². The standard InChI is InChI=1S/C26H22ClN3O4S/c1-4-33-25(32)22-16(3)29-26-30(23(22)17-7-5-15(2)6-8-17)24(31)21(35-26)14-18-13-19(27)9-10-20(18)34-12-11-28/h5-10,13-14,23H,4,12H2,1-3H3/b21-14-/t23-/m1/s1. The van der Waals surface area contributed by atoms with E-state index in [9.17, 15) is 9.59 Å². The van der Waals surface area contributed by atoms with Gasteiger partial charge in [0.05, 0.1) is 28.5 Å². The SMILES string of the molecule is CCOC(=O)C1=C(C)N=c2s/c(=C\c3cc(Cl)ccc3OCC#N)c(=O)n2[C@@H]1c1ccc(C)cc1. The van der Waals surface area contributed by atoms with Crippen LogP contribution in [0.5, 0.6) is 5.75 Å². The minimum atomic E-state index is -0.679. The average Bonchev–Trinajstić information content (AvgIpc) is 3.12. The Labute approximate surface area is 210 Å². The number of esters is 1. The molecule has 2 heterocycles. The maximum atomic E-state index is 13.7. The number of allylic oxidation sites excluding steroid dienone is 1. The van der Waals surface area contributed by atoms with Gasteiger partial charge in [-0.25, -0.2) is 9.79 Å². The van der Waals surface area contributed by atoms with Crippen molar-refractivity contribution in [3.63, 3.8) is 0 Å². The maximum absolute atomic E-state index is 13.7. The van der Waals surface area contributed by atoms with Crippen molar-refractivity contribution in [1.82, 2.24) is 4.57 Å². The normalized spacial score (nSPS) is 15.3. The van der Waals surface area contributed by atoms with E-state index in [0.717, 1.165) is 11.1 Å². The molecule has 7 nitrogen and oxygen atoms in total. The van der Waals surface area contributed by atoms with E-state index in [0.29, 0.717) is 36.9 Å². The molecule has 0 bridgehead atoms. The van der Waals surface area contributed by atoms with Crippen LogP contribution in [0, 0.1) is 18.3 Å². The zero-order chi connectivity index (χ0) is 25.1. The number of nitriles is 1. The second-order valence-corrected chi connectivity index (χ2v) is 9.29. The van der Waals surface area contributed by atoms with Crippen LogP contribution in [0.1, 0.15) is 36.6 Å². The van der Waals surface area contributed by atoms with Crippen molar-refractivity contribution in [2.45, 2.75) is 26.8 Å². The minimum absolute atomic E-state index is 0.140. The van der Waals surface area contributed by atoms with E-state index in [1.807, 2.05) is 37.3 Å². The van der Waals surface area contributed by atoms with Gasteiger partial charge in [0, 0.05) is 10.6 Å². The Hall–Kier alpha value is -3.67. The Balaban J connectivity index is 1.94. The molecule has 0 saturated heterocycles. The number of nitrogens with zero attached hydrogens (tertiary/aromatic N) is 3. The molecule has 3 aromatic rings. The summed E-state index contributed by atoms with van der Waals surface area (Å²) in [6.07, 6.45) is 1.66. The summed E-state index contributed by atoms with van der Waals surface area (Å²) in [6.45, 7) is 5.52. The van der Waals surface area contributed by atoms with Gasteiger partial charge < -0.3 is 9.47 Å². The molecule has 0 N–H and O–H groups in total. The lowest BCUT2D eigenvalue weighted by molar-refractivity contribution is -0.139. The number of ether oxygens (including phenoxy) is 2. The molecule has 1 atom stereocenters. The van der Waals surface area contributed by atoms with E-state index >= 15 is 0 Å². The molecular formula is C26H22ClN3O4S. The van der Waals surface area contributed by atoms with E-state index in [1.54, 1.807) is 38.1 Å². The van der Waals surface area contributed by atoms with Crippen LogP contribution < -0.4 is 19.6 Å². The minimum Gasteiger partial charge on any atom is -0.478 e. The molecule has 178 valence electrons. The number of hydrogen-bond donors (Lipinski definition) is 0. The molecule has 1 aromatic heterocycles. The summed E-state index contributed by atoms with van der Waals surface area (Å²) in [5, 5.41) is 9.35. The smallest absolute Gasteiger partial charge is 0.338 e. The van der Waals surface area contributed by atoms with Crippen LogP contribution in [-0.4, -0.2) is 23.8 Å². The summed E-state index contributed by atoms with van der Waals surface area (Å²) in [4.78, 5) is 31.7. The number of halogens is 1. The highest BCUT2D eigenvalue weighted by Gasteiger charge is 2.33. The van der Waals surface area contributed by atoms with Crippen molar-refractivity contribution in [3.05, 3.63) is 95.1 Å². The Morgan fingerprint density at radius 1 is 1.26 bits per heavy atom. The van der Waals surface area contributed by atoms with Crippen molar-refractivity contribution < 1.29 is 14.3 Å². The number of aryl methyl sites for hydroxylation is 1. The number of hydrogen-bond acceptors (Lipinski definition) is 7. The van der Waals surface area contributed by atoms with Crippen molar-refractivity contribution in [3.8, 4) is 11.8 Å². The monoisotopic (exact) mass is 507 g/mol. The first kappa shape index (κ1) is 24.5. The predicted molar refractivity (Wildman–Crippen MR) is 134 cm³/mol. The third kappa shape index (κ3) is 4.92. The van der Waals surface area contributed by atoms with Crippen molar-refractivity contribution in [1.29, 1.82) is 5.26 Å². The number of aromatic nitrogens is 1. The summed E-state index contributed by atoms with van der Waals surface area (Å²) in [6, 6.07) is 13.9. The lowest BCUT2D eigenvalue weighted by atomic mass is 9.95. The van der Waals surface area contributed by atoms with Gasteiger partial charge in [0.2, 0.25) is 0 Å². The van der Waals surface area contributed by atoms with Gasteiger partial charge in [-0.05, 0) is 50.6 Å². The molecule has 35 heavy (non-hydrogen) atoms. The third-order valence-corrected chi connectivity index (χ3v) is 6.68. The average molecular weight is 508 g/mol. The number of fused-ring (bicyclic) bond motifs is 1. The molecule has 0 aliphatic carbocycles. The number of carbonyl (C=O) groups is 1. The first-order valence-electron chi connectivity index (χ1n) is 10.9. The molecular weight excluding hydrogens is 486 g/mol. The molecule has 0 unspecified atom stereocenters. The topological polar surface area (TPSA) is 93.7 Å². The summed E-state index contributed by atoms with van der Waals surface area (Å²) < 4.78 is 12.7. The van der Waals surface area contributed by atoms with Gasteiger partial charge in [-0.1, -0.05) is 52.8 Å². The van der Waals surface area contributed by atoms with E-state index in [4.69, 9.17) is 26.3 Å². The van der Waals surface area contributed by atoms with Crippen molar-refractivity contribution in [2.75, 3.05) is 13.2 Å². The Morgan fingerprint density at radius 2 is 2.00 bits per heavy atom. The van der Waals surface area contributed by atoms with Gasteiger partial charge in [-0.3, -0.25) is 9.36 Å². The van der Waals surface area contributed by atoms with Crippen LogP contribution in [0.15, 0.2) is 63.5 Å². The Kier molecular flexibility index (Phi) is 7.20. The number of benzene rings is 2. The molecule has 0 spiro atoms. The summed E-state index contributed by atoms with van der Waals surface area (Å²) in [7, 11) is 0. The van der Waals surface area contributed by atoms with Gasteiger partial charge in [0.15, 0.2) is 11.4 Å². The first-order valence-corrected chi connectivity index (χ1v) is 12.1. The highest BCUT2D eigenvalue weighted by atomic mass is 35.5. The fourth-order valence-corrected chi connectivity index (χ4v) is 5.09. The first-order chi connectivity index (χ1) is 16.8. The summed E-state index contributed by atoms with van der Waals surface area (Å²) in [5.74, 6) is -0.0732. The van der Waals surface area contributed by atoms with E-state index in [2.05, 4.69) is 4.99 Å². The van der Waals surface area contributed by atoms with Gasteiger partial charge in [-0.2, -0.15) is 5.26 Å². The van der Waals surface area contributed by atoms with Gasteiger partial charge >= 0.3 is 5.97 Å². The number of thiazole rings is 1. The molecule has 1 aliphatic rings. The second kappa shape index (κ2) is 10.3. The predicted octanol–water partition coefficient (Wildman–Crippen LogP) is 3.66. The molecule has 0 amide bonds. The van der Waals surface area contributed by atoms with Crippen LogP contribution in [-0.2, 0) is 9.53 Å². The molecule has 4 rings (SSSR count). The van der Waals surface area contributed by atoms with E-state index < -0.39 is 12.0 Å². The summed E-state index contributed by atoms with van der Waals surface area (Å²) >= 11 is 7.39. The molecule has 1 aliphatic heterocycles. The van der Waals surface area contributed by atoms with Gasteiger partial charge in [0.1, 0.15) is 11.8 Å². The largest absolute Gasteiger partial charge is 0.478 e. The lowest BCUT2D eigenvalue weighted by Crippen LogP contribution is -2.39. The fourth-order valence-electron chi connectivity index (χ4n) is 3.87. The maximum Gasteiger partial charge on any atom is 0.338 e. The van der Waals surface area contributed by atoms with E-state index in [-0.39, 0.29) is 18.8 Å². The van der Waals surface area contributed by atoms with Crippen molar-refractivity contribution >= 4 is 35.0 Å². The Morgan fingerprint density at radius 3 is 2.69 bits per heavy atom. The highest BCUT2D eigenvalue weighted by Crippen LogP contribution is 2.31. The third-order valence-electron chi connectivity index (χ3n) is 5.46. The molecule has 0 saturated carbocycles. The van der Waals surface area contributed by atoms with Crippen LogP contribution in [0.25, 0.3) is 6.08 Å².